The number of halogens is 3. The topological polar surface area (TPSA) is 134 Å². The van der Waals surface area contributed by atoms with Gasteiger partial charge in [-0.05, 0) is 75.5 Å². The Morgan fingerprint density at radius 3 is 2.15 bits per heavy atom. The van der Waals surface area contributed by atoms with E-state index >= 15 is 0 Å². The van der Waals surface area contributed by atoms with Gasteiger partial charge < -0.3 is 16.4 Å². The van der Waals surface area contributed by atoms with Gasteiger partial charge in [0.2, 0.25) is 23.6 Å². The highest BCUT2D eigenvalue weighted by Crippen LogP contribution is 2.32. The van der Waals surface area contributed by atoms with Gasteiger partial charge in [-0.1, -0.05) is 64.2 Å². The van der Waals surface area contributed by atoms with E-state index in [0.717, 1.165) is 31.2 Å². The van der Waals surface area contributed by atoms with Gasteiger partial charge in [0.1, 0.15) is 12.1 Å². The Hall–Kier alpha value is -2.99. The van der Waals surface area contributed by atoms with E-state index in [4.69, 9.17) is 5.73 Å². The van der Waals surface area contributed by atoms with Crippen molar-refractivity contribution in [2.24, 2.45) is 29.4 Å². The van der Waals surface area contributed by atoms with E-state index in [9.17, 15) is 32.3 Å². The van der Waals surface area contributed by atoms with Gasteiger partial charge >= 0.3 is 6.18 Å². The molecular formula is C34H52F3N5O4. The summed E-state index contributed by atoms with van der Waals surface area (Å²) in [5.74, 6) is -1.76. The van der Waals surface area contributed by atoms with Crippen LogP contribution < -0.4 is 21.7 Å². The van der Waals surface area contributed by atoms with Crippen molar-refractivity contribution in [3.8, 4) is 0 Å². The Balaban J connectivity index is 1.64. The first-order valence-electron chi connectivity index (χ1n) is 16.7. The third-order valence-corrected chi connectivity index (χ3v) is 9.39. The number of alkyl halides is 3. The van der Waals surface area contributed by atoms with Crippen LogP contribution in [0.15, 0.2) is 24.3 Å². The molecular weight excluding hydrogens is 599 g/mol. The van der Waals surface area contributed by atoms with Gasteiger partial charge in [-0.2, -0.15) is 13.2 Å². The molecule has 4 atom stereocenters. The van der Waals surface area contributed by atoms with E-state index in [1.165, 1.54) is 4.90 Å². The number of benzene rings is 1. The van der Waals surface area contributed by atoms with Crippen LogP contribution >= 0.6 is 0 Å². The monoisotopic (exact) mass is 651 g/mol. The van der Waals surface area contributed by atoms with Crippen molar-refractivity contribution in [2.45, 2.75) is 116 Å². The van der Waals surface area contributed by atoms with Gasteiger partial charge in [0.15, 0.2) is 0 Å². The predicted molar refractivity (Wildman–Crippen MR) is 171 cm³/mol. The molecule has 0 radical (unpaired) electrons. The highest BCUT2D eigenvalue weighted by atomic mass is 19.4. The zero-order valence-electron chi connectivity index (χ0n) is 27.6. The zero-order valence-corrected chi connectivity index (χ0v) is 27.6. The number of carbonyl (C=O) groups excluding carboxylic acids is 4. The molecule has 5 N–H and O–H groups in total. The van der Waals surface area contributed by atoms with Gasteiger partial charge in [-0.3, -0.25) is 29.4 Å². The molecule has 4 amide bonds. The van der Waals surface area contributed by atoms with Crippen molar-refractivity contribution in [3.63, 3.8) is 0 Å². The van der Waals surface area contributed by atoms with E-state index in [-0.39, 0.29) is 49.5 Å². The normalized spacial score (nSPS) is 22.5. The average molecular weight is 652 g/mol. The number of rotatable bonds is 16. The second-order valence-corrected chi connectivity index (χ2v) is 13.6. The number of nitrogens with zero attached hydrogens (tertiary/aromatic N) is 1. The van der Waals surface area contributed by atoms with Gasteiger partial charge in [-0.25, -0.2) is 0 Å². The van der Waals surface area contributed by atoms with Gasteiger partial charge in [0, 0.05) is 24.6 Å². The van der Waals surface area contributed by atoms with Crippen molar-refractivity contribution < 1.29 is 32.3 Å². The minimum Gasteiger partial charge on any atom is -0.343 e. The summed E-state index contributed by atoms with van der Waals surface area (Å²) < 4.78 is 42.5. The summed E-state index contributed by atoms with van der Waals surface area (Å²) in [7, 11) is 0. The Morgan fingerprint density at radius 1 is 0.978 bits per heavy atom. The minimum absolute atomic E-state index is 0.168. The SMILES string of the molecule is Cc1ccc(NC(=O)[C@H](CC2CCC(CN)CC2)NC(=O)[C@@H](N[C@@H](CCCCCN2C(=O)CC(C)C2=O)C(F)(F)F)C(C)C)cc1. The van der Waals surface area contributed by atoms with Crippen molar-refractivity contribution in [2.75, 3.05) is 18.4 Å². The summed E-state index contributed by atoms with van der Waals surface area (Å²) in [5, 5.41) is 8.23. The van der Waals surface area contributed by atoms with Crippen molar-refractivity contribution >= 4 is 29.3 Å². The molecule has 1 saturated carbocycles. The molecule has 0 spiro atoms. The van der Waals surface area contributed by atoms with Gasteiger partial charge in [0.05, 0.1) is 6.04 Å². The molecule has 1 heterocycles. The summed E-state index contributed by atoms with van der Waals surface area (Å²) in [4.78, 5) is 52.4. The lowest BCUT2D eigenvalue weighted by Crippen LogP contribution is -2.58. The van der Waals surface area contributed by atoms with Crippen molar-refractivity contribution in [1.82, 2.24) is 15.5 Å². The van der Waals surface area contributed by atoms with Crippen LogP contribution in [0.2, 0.25) is 0 Å². The fourth-order valence-electron chi connectivity index (χ4n) is 6.40. The van der Waals surface area contributed by atoms with Crippen LogP contribution in [-0.2, 0) is 19.2 Å². The van der Waals surface area contributed by atoms with Crippen LogP contribution in [0.1, 0.15) is 90.5 Å². The number of anilines is 1. The second-order valence-electron chi connectivity index (χ2n) is 13.6. The molecule has 12 heteroatoms. The Morgan fingerprint density at radius 2 is 1.61 bits per heavy atom. The zero-order chi connectivity index (χ0) is 34.0. The summed E-state index contributed by atoms with van der Waals surface area (Å²) in [6, 6.07) is 3.22. The lowest BCUT2D eigenvalue weighted by molar-refractivity contribution is -0.161. The number of hydrogen-bond acceptors (Lipinski definition) is 6. The fourth-order valence-corrected chi connectivity index (χ4v) is 6.40. The number of nitrogens with two attached hydrogens (primary N) is 1. The van der Waals surface area contributed by atoms with Crippen LogP contribution in [0.25, 0.3) is 0 Å². The smallest absolute Gasteiger partial charge is 0.343 e. The quantitative estimate of drug-likeness (QED) is 0.146. The van der Waals surface area contributed by atoms with E-state index in [1.54, 1.807) is 32.9 Å². The molecule has 9 nitrogen and oxygen atoms in total. The molecule has 1 aromatic rings. The fraction of sp³-hybridized carbons (Fsp3) is 0.706. The van der Waals surface area contributed by atoms with Crippen molar-refractivity contribution in [1.29, 1.82) is 0 Å². The molecule has 2 fully saturated rings. The largest absolute Gasteiger partial charge is 0.403 e. The number of carbonyl (C=O) groups is 4. The van der Waals surface area contributed by atoms with E-state index in [2.05, 4.69) is 16.0 Å². The third kappa shape index (κ3) is 11.1. The number of unbranched alkanes of at least 4 members (excludes halogenated alkanes) is 2. The Kier molecular flexibility index (Phi) is 14.0. The lowest BCUT2D eigenvalue weighted by atomic mass is 9.79. The summed E-state index contributed by atoms with van der Waals surface area (Å²) in [5.41, 5.74) is 7.44. The Labute approximate surface area is 271 Å². The molecule has 3 rings (SSSR count). The second kappa shape index (κ2) is 17.2. The summed E-state index contributed by atoms with van der Waals surface area (Å²) in [6.07, 6.45) is 0.301. The molecule has 1 aromatic carbocycles. The number of imide groups is 1. The molecule has 1 aliphatic heterocycles. The number of aryl methyl sites for hydroxylation is 1. The summed E-state index contributed by atoms with van der Waals surface area (Å²) in [6.45, 7) is 7.77. The van der Waals surface area contributed by atoms with Crippen LogP contribution in [-0.4, -0.2) is 65.9 Å². The van der Waals surface area contributed by atoms with Crippen LogP contribution in [0.5, 0.6) is 0 Å². The van der Waals surface area contributed by atoms with Crippen LogP contribution in [0.3, 0.4) is 0 Å². The Bertz CT molecular complexity index is 1170. The van der Waals surface area contributed by atoms with E-state index in [0.29, 0.717) is 37.4 Å². The standard InChI is InChI=1S/C34H52F3N5O4/c1-21(2)30(41-28(34(35,36)37)8-6-5-7-17-42-29(43)18-23(4)33(42)46)32(45)40-27(19-24-11-13-25(20-38)14-12-24)31(44)39-26-15-9-22(3)10-16-26/h9-10,15-16,21,23-25,27-28,30,41H,5-8,11-14,17-20,38H2,1-4H3,(H,39,44)(H,40,45)/t23?,24?,25?,27-,28-,30-/m0/s1. The molecule has 0 aromatic heterocycles. The predicted octanol–water partition coefficient (Wildman–Crippen LogP) is 5.07. The third-order valence-electron chi connectivity index (χ3n) is 9.39. The number of amides is 4. The van der Waals surface area contributed by atoms with Gasteiger partial charge in [0.25, 0.3) is 0 Å². The number of hydrogen-bond donors (Lipinski definition) is 4. The lowest BCUT2D eigenvalue weighted by Gasteiger charge is -2.33. The minimum atomic E-state index is -4.60. The highest BCUT2D eigenvalue weighted by Gasteiger charge is 2.42. The maximum atomic E-state index is 14.2. The average Bonchev–Trinajstić information content (AvgIpc) is 3.24. The molecule has 1 saturated heterocycles. The van der Waals surface area contributed by atoms with Gasteiger partial charge in [-0.15, -0.1) is 0 Å². The van der Waals surface area contributed by atoms with Crippen LogP contribution in [0.4, 0.5) is 18.9 Å². The maximum Gasteiger partial charge on any atom is 0.403 e. The molecule has 258 valence electrons. The van der Waals surface area contributed by atoms with E-state index < -0.39 is 42.0 Å². The molecule has 2 aliphatic rings. The number of likely N-dealkylation sites (tertiary alicyclic amines) is 1. The highest BCUT2D eigenvalue weighted by molar-refractivity contribution is 6.03. The molecule has 0 bridgehead atoms. The molecule has 1 aliphatic carbocycles. The maximum absolute atomic E-state index is 14.2. The first-order valence-corrected chi connectivity index (χ1v) is 16.7. The first-order chi connectivity index (χ1) is 21.7. The molecule has 46 heavy (non-hydrogen) atoms. The van der Waals surface area contributed by atoms with Crippen LogP contribution in [0, 0.1) is 30.6 Å². The number of nitrogens with one attached hydrogen (secondary N) is 3. The van der Waals surface area contributed by atoms with E-state index in [1.807, 2.05) is 19.1 Å². The van der Waals surface area contributed by atoms with Crippen molar-refractivity contribution in [3.05, 3.63) is 29.8 Å². The first kappa shape index (κ1) is 37.5. The summed E-state index contributed by atoms with van der Waals surface area (Å²) >= 11 is 0. The molecule has 1 unspecified atom stereocenters.